The molecule has 3 aliphatic heterocycles. The van der Waals surface area contributed by atoms with Crippen LogP contribution in [0.4, 0.5) is 15.9 Å². The number of aromatic nitrogens is 2. The summed E-state index contributed by atoms with van der Waals surface area (Å²) >= 11 is 11.9. The molecule has 0 spiro atoms. The number of fused-ring (bicyclic) bond motifs is 3. The first-order valence-corrected chi connectivity index (χ1v) is 12.7. The van der Waals surface area contributed by atoms with Gasteiger partial charge in [0.15, 0.2) is 17.3 Å². The summed E-state index contributed by atoms with van der Waals surface area (Å²) < 4.78 is 32.7. The molecule has 8 nitrogen and oxygen atoms in total. The van der Waals surface area contributed by atoms with Gasteiger partial charge in [-0.3, -0.25) is 4.79 Å². The molecule has 192 valence electrons. The van der Waals surface area contributed by atoms with E-state index in [4.69, 9.17) is 37.4 Å². The van der Waals surface area contributed by atoms with Crippen molar-refractivity contribution in [2.45, 2.75) is 18.6 Å². The quantitative estimate of drug-likeness (QED) is 0.330. The monoisotopic (exact) mass is 544 g/mol. The van der Waals surface area contributed by atoms with Gasteiger partial charge in [-0.05, 0) is 30.7 Å². The van der Waals surface area contributed by atoms with Gasteiger partial charge >= 0.3 is 0 Å². The Balaban J connectivity index is 1.33. The van der Waals surface area contributed by atoms with Crippen molar-refractivity contribution in [2.24, 2.45) is 11.8 Å². The van der Waals surface area contributed by atoms with Gasteiger partial charge in [-0.2, -0.15) is 0 Å². The van der Waals surface area contributed by atoms with Crippen LogP contribution in [-0.4, -0.2) is 59.3 Å². The third-order valence-corrected chi connectivity index (χ3v) is 7.87. The first-order chi connectivity index (χ1) is 17.9. The van der Waals surface area contributed by atoms with E-state index in [1.54, 1.807) is 6.07 Å². The number of rotatable bonds is 7. The van der Waals surface area contributed by atoms with Crippen molar-refractivity contribution in [3.05, 3.63) is 59.1 Å². The van der Waals surface area contributed by atoms with Gasteiger partial charge in [-0.1, -0.05) is 29.8 Å². The average molecular weight is 545 g/mol. The molecule has 1 aliphatic carbocycles. The van der Waals surface area contributed by atoms with E-state index in [0.29, 0.717) is 54.5 Å². The van der Waals surface area contributed by atoms with Gasteiger partial charge < -0.3 is 24.4 Å². The molecular formula is C26H23Cl2FN4O4. The van der Waals surface area contributed by atoms with Crippen LogP contribution in [0.2, 0.25) is 10.0 Å². The summed E-state index contributed by atoms with van der Waals surface area (Å²) in [6.45, 7) is 5.84. The molecule has 7 rings (SSSR count). The van der Waals surface area contributed by atoms with Crippen LogP contribution < -0.4 is 14.8 Å². The second-order valence-electron chi connectivity index (χ2n) is 9.45. The van der Waals surface area contributed by atoms with Gasteiger partial charge in [0.1, 0.15) is 24.4 Å². The summed E-state index contributed by atoms with van der Waals surface area (Å²) in [4.78, 5) is 22.6. The van der Waals surface area contributed by atoms with Crippen molar-refractivity contribution < 1.29 is 23.4 Å². The molecule has 4 fully saturated rings. The Morgan fingerprint density at radius 2 is 1.92 bits per heavy atom. The van der Waals surface area contributed by atoms with Crippen molar-refractivity contribution in [3.8, 4) is 11.5 Å². The Labute approximate surface area is 222 Å². The van der Waals surface area contributed by atoms with E-state index in [0.717, 1.165) is 6.42 Å². The lowest BCUT2D eigenvalue weighted by molar-refractivity contribution is -0.142. The zero-order valence-corrected chi connectivity index (χ0v) is 21.1. The smallest absolute Gasteiger partial charge is 0.245 e. The molecule has 2 bridgehead atoms. The zero-order valence-electron chi connectivity index (χ0n) is 19.6. The molecule has 1 N–H and O–H groups in total. The van der Waals surface area contributed by atoms with Gasteiger partial charge in [-0.15, -0.1) is 0 Å². The topological polar surface area (TPSA) is 85.8 Å². The second-order valence-corrected chi connectivity index (χ2v) is 10.2. The van der Waals surface area contributed by atoms with E-state index in [2.05, 4.69) is 21.9 Å². The fraction of sp³-hybridized carbons (Fsp3) is 0.346. The number of carbonyl (C=O) groups excluding carboxylic acids is 1. The molecule has 3 saturated heterocycles. The van der Waals surface area contributed by atoms with E-state index >= 15 is 0 Å². The molecule has 1 aromatic heterocycles. The SMILES string of the molecule is C=CC(=O)N1C[C@H]2C[C@@H](C1)[C@H]2Oc1cc2c(Nc3ccc(Cl)c(Cl)c3F)ncnc2cc1OC1COC1. The third-order valence-electron chi connectivity index (χ3n) is 7.08. The Kier molecular flexibility index (Phi) is 6.30. The highest BCUT2D eigenvalue weighted by molar-refractivity contribution is 6.42. The number of carbonyl (C=O) groups is 1. The minimum atomic E-state index is -0.678. The number of halogens is 3. The van der Waals surface area contributed by atoms with Crippen molar-refractivity contribution in [3.63, 3.8) is 0 Å². The number of hydrogen-bond donors (Lipinski definition) is 1. The van der Waals surface area contributed by atoms with E-state index in [1.165, 1.54) is 24.5 Å². The van der Waals surface area contributed by atoms with Gasteiger partial charge in [0, 0.05) is 36.4 Å². The average Bonchev–Trinajstić information content (AvgIpc) is 2.89. The maximum Gasteiger partial charge on any atom is 0.245 e. The zero-order chi connectivity index (χ0) is 25.7. The molecule has 4 aliphatic rings. The first-order valence-electron chi connectivity index (χ1n) is 11.9. The molecule has 2 aromatic carbocycles. The lowest BCUT2D eigenvalue weighted by Crippen LogP contribution is -2.61. The Hall–Kier alpha value is -3.14. The van der Waals surface area contributed by atoms with Crippen LogP contribution in [0.5, 0.6) is 11.5 Å². The minimum Gasteiger partial charge on any atom is -0.486 e. The molecule has 0 radical (unpaired) electrons. The summed E-state index contributed by atoms with van der Waals surface area (Å²) in [6.07, 6.45) is 3.60. The van der Waals surface area contributed by atoms with E-state index in [1.807, 2.05) is 11.0 Å². The normalized spacial score (nSPS) is 22.7. The van der Waals surface area contributed by atoms with Gasteiger partial charge in [0.2, 0.25) is 5.91 Å². The predicted molar refractivity (Wildman–Crippen MR) is 137 cm³/mol. The number of piperidine rings is 2. The summed E-state index contributed by atoms with van der Waals surface area (Å²) in [7, 11) is 0. The molecule has 37 heavy (non-hydrogen) atoms. The number of nitrogens with zero attached hydrogens (tertiary/aromatic N) is 3. The van der Waals surface area contributed by atoms with Gasteiger partial charge in [0.05, 0.1) is 34.5 Å². The number of anilines is 2. The molecule has 1 saturated carbocycles. The lowest BCUT2D eigenvalue weighted by Gasteiger charge is -2.52. The maximum atomic E-state index is 14.7. The Bertz CT molecular complexity index is 1390. The summed E-state index contributed by atoms with van der Waals surface area (Å²) in [5.74, 6) is 1.16. The molecule has 0 unspecified atom stereocenters. The van der Waals surface area contributed by atoms with E-state index in [-0.39, 0.29) is 45.7 Å². The van der Waals surface area contributed by atoms with E-state index in [9.17, 15) is 9.18 Å². The summed E-state index contributed by atoms with van der Waals surface area (Å²) in [5.41, 5.74) is 0.724. The van der Waals surface area contributed by atoms with Crippen LogP contribution in [-0.2, 0) is 9.53 Å². The van der Waals surface area contributed by atoms with Crippen LogP contribution >= 0.6 is 23.2 Å². The molecule has 11 heteroatoms. The standard InChI is InChI=1S/C26H23Cl2FN4O4/c1-2-22(34)33-8-13-5-14(9-33)25(13)37-20-6-16-19(7-21(20)36-15-10-35-11-15)30-12-31-26(16)32-18-4-3-17(27)23(28)24(18)29/h2-4,6-7,12-15,25H,1,5,8-11H2,(H,30,31,32)/t13-,14+,25+. The minimum absolute atomic E-state index is 0.0557. The largest absolute Gasteiger partial charge is 0.486 e. The maximum absolute atomic E-state index is 14.7. The highest BCUT2D eigenvalue weighted by Gasteiger charge is 2.49. The molecule has 1 amide bonds. The van der Waals surface area contributed by atoms with Crippen LogP contribution in [0, 0.1) is 17.7 Å². The Morgan fingerprint density at radius 1 is 1.16 bits per heavy atom. The van der Waals surface area contributed by atoms with E-state index < -0.39 is 5.82 Å². The molecule has 4 heterocycles. The van der Waals surface area contributed by atoms with Crippen molar-refractivity contribution in [1.29, 1.82) is 0 Å². The lowest BCUT2D eigenvalue weighted by atomic mass is 9.68. The molecule has 3 aromatic rings. The van der Waals surface area contributed by atoms with Crippen LogP contribution in [0.15, 0.2) is 43.2 Å². The fourth-order valence-corrected chi connectivity index (χ4v) is 5.36. The summed E-state index contributed by atoms with van der Waals surface area (Å²) in [5, 5.41) is 3.56. The number of ether oxygens (including phenoxy) is 3. The molecular weight excluding hydrogens is 522 g/mol. The van der Waals surface area contributed by atoms with Gasteiger partial charge in [-0.25, -0.2) is 14.4 Å². The van der Waals surface area contributed by atoms with Crippen molar-refractivity contribution in [1.82, 2.24) is 14.9 Å². The van der Waals surface area contributed by atoms with Crippen LogP contribution in [0.3, 0.4) is 0 Å². The van der Waals surface area contributed by atoms with Crippen LogP contribution in [0.1, 0.15) is 6.42 Å². The second kappa shape index (κ2) is 9.63. The Morgan fingerprint density at radius 3 is 2.62 bits per heavy atom. The third kappa shape index (κ3) is 4.45. The summed E-state index contributed by atoms with van der Waals surface area (Å²) in [6, 6.07) is 6.61. The van der Waals surface area contributed by atoms with Gasteiger partial charge in [0.25, 0.3) is 0 Å². The fourth-order valence-electron chi connectivity index (χ4n) is 5.05. The number of benzene rings is 2. The highest BCUT2D eigenvalue weighted by Crippen LogP contribution is 2.45. The first kappa shape index (κ1) is 24.2. The highest BCUT2D eigenvalue weighted by atomic mass is 35.5. The van der Waals surface area contributed by atoms with Crippen LogP contribution in [0.25, 0.3) is 10.9 Å². The number of nitrogens with one attached hydrogen (secondary N) is 1. The predicted octanol–water partition coefficient (Wildman–Crippen LogP) is 5.01. The number of amides is 1. The number of hydrogen-bond acceptors (Lipinski definition) is 7. The van der Waals surface area contributed by atoms with Crippen molar-refractivity contribution >= 4 is 51.5 Å². The van der Waals surface area contributed by atoms with Crippen molar-refractivity contribution in [2.75, 3.05) is 31.6 Å². The molecule has 3 atom stereocenters.